The lowest BCUT2D eigenvalue weighted by Crippen LogP contribution is -2.48. The Morgan fingerprint density at radius 1 is 0.500 bits per heavy atom. The third-order valence-electron chi connectivity index (χ3n) is 9.79. The van der Waals surface area contributed by atoms with Gasteiger partial charge in [0.15, 0.2) is 0 Å². The topological polar surface area (TPSA) is 89.8 Å². The predicted molar refractivity (Wildman–Crippen MR) is 208 cm³/mol. The highest BCUT2D eigenvalue weighted by molar-refractivity contribution is 5.80. The first-order valence-electron chi connectivity index (χ1n) is 21.2. The molecule has 0 aliphatic carbocycles. The summed E-state index contributed by atoms with van der Waals surface area (Å²) in [5.41, 5.74) is 0. The first kappa shape index (κ1) is 46.8. The number of aliphatic hydroxyl groups is 3. The lowest BCUT2D eigenvalue weighted by Gasteiger charge is -2.21. The molecule has 0 heterocycles. The van der Waals surface area contributed by atoms with Gasteiger partial charge in [-0.25, -0.2) is 0 Å². The molecule has 0 aromatic carbocycles. The van der Waals surface area contributed by atoms with E-state index in [0.717, 1.165) is 32.1 Å². The molecule has 4 N–H and O–H groups in total. The highest BCUT2D eigenvalue weighted by Crippen LogP contribution is 2.15. The molecule has 0 bridgehead atoms. The summed E-state index contributed by atoms with van der Waals surface area (Å²) in [5.74, 6) is -0.507. The quantitative estimate of drug-likeness (QED) is 0.0387. The molecule has 0 aliphatic rings. The van der Waals surface area contributed by atoms with Crippen molar-refractivity contribution in [1.29, 1.82) is 0 Å². The zero-order valence-electron chi connectivity index (χ0n) is 32.1. The second kappa shape index (κ2) is 38.6. The van der Waals surface area contributed by atoms with Gasteiger partial charge in [-0.3, -0.25) is 4.79 Å². The van der Waals surface area contributed by atoms with Crippen LogP contribution in [0.3, 0.4) is 0 Å². The molecule has 5 nitrogen and oxygen atoms in total. The first-order chi connectivity index (χ1) is 23.6. The number of hydrogen-bond donors (Lipinski definition) is 4. The molecule has 3 atom stereocenters. The number of unbranched alkanes of at least 4 members (excludes halogenated alkanes) is 28. The van der Waals surface area contributed by atoms with E-state index in [9.17, 15) is 20.1 Å². The molecule has 3 unspecified atom stereocenters. The monoisotopic (exact) mass is 678 g/mol. The molecule has 0 aliphatic heterocycles. The molecule has 5 heteroatoms. The maximum atomic E-state index is 12.4. The van der Waals surface area contributed by atoms with Crippen LogP contribution in [-0.4, -0.2) is 46.1 Å². The van der Waals surface area contributed by atoms with Crippen LogP contribution in [0.4, 0.5) is 0 Å². The van der Waals surface area contributed by atoms with Gasteiger partial charge in [-0.05, 0) is 44.9 Å². The first-order valence-corrected chi connectivity index (χ1v) is 21.2. The van der Waals surface area contributed by atoms with Gasteiger partial charge in [0.2, 0.25) is 5.91 Å². The van der Waals surface area contributed by atoms with Crippen LogP contribution in [0.15, 0.2) is 24.3 Å². The fourth-order valence-corrected chi connectivity index (χ4v) is 6.41. The van der Waals surface area contributed by atoms with Crippen molar-refractivity contribution in [2.24, 2.45) is 0 Å². The second-order valence-electron chi connectivity index (χ2n) is 14.6. The van der Waals surface area contributed by atoms with E-state index in [4.69, 9.17) is 0 Å². The number of aliphatic hydroxyl groups excluding tert-OH is 3. The van der Waals surface area contributed by atoms with Crippen LogP contribution >= 0.6 is 0 Å². The van der Waals surface area contributed by atoms with Gasteiger partial charge in [-0.1, -0.05) is 199 Å². The Balaban J connectivity index is 3.63. The van der Waals surface area contributed by atoms with Gasteiger partial charge < -0.3 is 20.6 Å². The summed E-state index contributed by atoms with van der Waals surface area (Å²) in [6.45, 7) is 4.17. The minimum absolute atomic E-state index is 0.364. The lowest BCUT2D eigenvalue weighted by molar-refractivity contribution is -0.131. The maximum Gasteiger partial charge on any atom is 0.249 e. The third-order valence-corrected chi connectivity index (χ3v) is 9.79. The molecule has 0 saturated carbocycles. The Bertz CT molecular complexity index is 709. The van der Waals surface area contributed by atoms with Gasteiger partial charge in [0.25, 0.3) is 0 Å². The van der Waals surface area contributed by atoms with E-state index in [1.807, 2.05) is 6.08 Å². The summed E-state index contributed by atoms with van der Waals surface area (Å²) in [7, 11) is 0. The molecule has 48 heavy (non-hydrogen) atoms. The van der Waals surface area contributed by atoms with Crippen LogP contribution in [0.1, 0.15) is 219 Å². The van der Waals surface area contributed by atoms with Crippen molar-refractivity contribution in [3.05, 3.63) is 24.3 Å². The van der Waals surface area contributed by atoms with Crippen LogP contribution in [-0.2, 0) is 4.79 Å². The largest absolute Gasteiger partial charge is 0.394 e. The highest BCUT2D eigenvalue weighted by atomic mass is 16.3. The van der Waals surface area contributed by atoms with Crippen LogP contribution in [0.2, 0.25) is 0 Å². The minimum Gasteiger partial charge on any atom is -0.394 e. The van der Waals surface area contributed by atoms with Gasteiger partial charge in [0.05, 0.1) is 18.8 Å². The standard InChI is InChI=1S/C43H83NO4/c1-3-5-7-9-11-13-15-16-17-18-19-20-21-22-23-24-25-26-28-30-32-34-36-38-42(47)43(48)44-40(39-45)41(46)37-35-33-31-29-27-14-12-10-8-6-4-2/h22-23,35,37,40-42,45-47H,3-21,24-34,36,38-39H2,1-2H3,(H,44,48)/b23-22-,37-35+. The van der Waals surface area contributed by atoms with Crippen molar-refractivity contribution in [3.8, 4) is 0 Å². The molecule has 0 aromatic heterocycles. The van der Waals surface area contributed by atoms with Gasteiger partial charge >= 0.3 is 0 Å². The van der Waals surface area contributed by atoms with E-state index in [1.165, 1.54) is 167 Å². The number of carbonyl (C=O) groups is 1. The molecule has 0 fully saturated rings. The van der Waals surface area contributed by atoms with Crippen molar-refractivity contribution >= 4 is 5.91 Å². The van der Waals surface area contributed by atoms with Crippen molar-refractivity contribution in [2.45, 2.75) is 238 Å². The molecule has 284 valence electrons. The van der Waals surface area contributed by atoms with Crippen molar-refractivity contribution in [2.75, 3.05) is 6.61 Å². The van der Waals surface area contributed by atoms with Gasteiger partial charge in [-0.15, -0.1) is 0 Å². The number of amides is 1. The van der Waals surface area contributed by atoms with E-state index in [1.54, 1.807) is 6.08 Å². The number of rotatable bonds is 38. The average Bonchev–Trinajstić information content (AvgIpc) is 3.09. The van der Waals surface area contributed by atoms with Crippen molar-refractivity contribution in [1.82, 2.24) is 5.32 Å². The molecule has 0 spiro atoms. The number of carbonyl (C=O) groups excluding carboxylic acids is 1. The smallest absolute Gasteiger partial charge is 0.249 e. The Morgan fingerprint density at radius 2 is 0.833 bits per heavy atom. The third kappa shape index (κ3) is 33.3. The number of hydrogen-bond acceptors (Lipinski definition) is 4. The predicted octanol–water partition coefficient (Wildman–Crippen LogP) is 11.8. The van der Waals surface area contributed by atoms with E-state index in [2.05, 4.69) is 31.3 Å². The summed E-state index contributed by atoms with van der Waals surface area (Å²) in [6, 6.07) is -0.796. The van der Waals surface area contributed by atoms with Crippen LogP contribution < -0.4 is 5.32 Å². The molecule has 0 rings (SSSR count). The maximum absolute atomic E-state index is 12.4. The zero-order valence-corrected chi connectivity index (χ0v) is 32.1. The SMILES string of the molecule is CCCCCCCCCCC/C=C/C(O)C(CO)NC(=O)C(O)CCCCCCCCC/C=C\CCCCCCCCCCCCCC. The fraction of sp³-hybridized carbons (Fsp3) is 0.884. The molecule has 1 amide bonds. The van der Waals surface area contributed by atoms with Crippen LogP contribution in [0.25, 0.3) is 0 Å². The Hall–Kier alpha value is -1.17. The summed E-state index contributed by atoms with van der Waals surface area (Å²) in [5, 5.41) is 33.0. The van der Waals surface area contributed by atoms with E-state index >= 15 is 0 Å². The summed E-state index contributed by atoms with van der Waals surface area (Å²) < 4.78 is 0. The number of nitrogens with one attached hydrogen (secondary N) is 1. The van der Waals surface area contributed by atoms with Gasteiger partial charge in [0.1, 0.15) is 6.10 Å². The lowest BCUT2D eigenvalue weighted by atomic mass is 10.0. The number of allylic oxidation sites excluding steroid dienone is 3. The summed E-state index contributed by atoms with van der Waals surface area (Å²) in [4.78, 5) is 12.4. The zero-order chi connectivity index (χ0) is 35.2. The summed E-state index contributed by atoms with van der Waals surface area (Å²) >= 11 is 0. The van der Waals surface area contributed by atoms with Crippen LogP contribution in [0.5, 0.6) is 0 Å². The van der Waals surface area contributed by atoms with Crippen molar-refractivity contribution in [3.63, 3.8) is 0 Å². The molecular weight excluding hydrogens is 594 g/mol. The van der Waals surface area contributed by atoms with E-state index < -0.39 is 24.2 Å². The second-order valence-corrected chi connectivity index (χ2v) is 14.6. The van der Waals surface area contributed by atoms with Gasteiger partial charge in [-0.2, -0.15) is 0 Å². The summed E-state index contributed by atoms with van der Waals surface area (Å²) in [6.07, 6.45) is 46.4. The Kier molecular flexibility index (Phi) is 37.7. The van der Waals surface area contributed by atoms with Crippen LogP contribution in [0, 0.1) is 0 Å². The van der Waals surface area contributed by atoms with Gasteiger partial charge in [0, 0.05) is 0 Å². The Morgan fingerprint density at radius 3 is 1.21 bits per heavy atom. The van der Waals surface area contributed by atoms with Crippen molar-refractivity contribution < 1.29 is 20.1 Å². The molecular formula is C43H83NO4. The molecule has 0 aromatic rings. The van der Waals surface area contributed by atoms with E-state index in [0.29, 0.717) is 6.42 Å². The molecule has 0 radical (unpaired) electrons. The molecule has 0 saturated heterocycles. The normalized spacial score (nSPS) is 13.9. The average molecular weight is 678 g/mol. The van der Waals surface area contributed by atoms with E-state index in [-0.39, 0.29) is 6.61 Å². The highest BCUT2D eigenvalue weighted by Gasteiger charge is 2.22. The Labute approximate surface area is 299 Å². The minimum atomic E-state index is -1.10. The fourth-order valence-electron chi connectivity index (χ4n) is 6.41.